The predicted octanol–water partition coefficient (Wildman–Crippen LogP) is 0.106. The number of carbonyl (C=O) groups is 8. The third-order valence-corrected chi connectivity index (χ3v) is 10.2. The number of nitrogens with zero attached hydrogens (tertiary/aromatic N) is 2. The van der Waals surface area contributed by atoms with Gasteiger partial charge < -0.3 is 61.1 Å². The molecule has 0 saturated carbocycles. The SMILES string of the molecule is CCOC(=O)CNC(=O)N1CCC[C@H]1C(=O)NCC(=O)Nc1ccc2[nH]c3c(=O)c4cc(NC(=O)CNC(=O)[C@@H]5CCCN5C(=O)NCC(=O)OCC)ccc4[nH]c3c(=O)c2c1. The summed E-state index contributed by atoms with van der Waals surface area (Å²) in [7, 11) is 0. The second-order valence-electron chi connectivity index (χ2n) is 14.3. The summed E-state index contributed by atoms with van der Waals surface area (Å²) in [4.78, 5) is 136. The summed E-state index contributed by atoms with van der Waals surface area (Å²) in [5.41, 5.74) is -0.0902. The standard InChI is InChI=1S/C40H46N10O12/c1-3-61-31(53)19-43-39(59)49-13-5-7-27(49)37(57)41-17-29(51)45-21-9-11-25-23(15-21)35(55)33-34(47-25)36(56)24-16-22(10-12-26(24)48-33)46-30(52)18-42-38(58)28-8-6-14-50(28)40(60)44-20-32(54)62-4-2/h9-12,15-16,27-28H,3-8,13-14,17-20H2,1-2H3,(H,41,57)(H,42,58)(H,43,59)(H,44,60)(H,45,51)(H,46,52)(H,47,55)(H,48,56)/t27-,28-/m0/s1. The lowest BCUT2D eigenvalue weighted by Gasteiger charge is -2.24. The number of ether oxygens (including phenoxy) is 2. The average molecular weight is 859 g/mol. The van der Waals surface area contributed by atoms with E-state index in [4.69, 9.17) is 9.47 Å². The summed E-state index contributed by atoms with van der Waals surface area (Å²) < 4.78 is 9.60. The van der Waals surface area contributed by atoms with Crippen LogP contribution in [0.4, 0.5) is 21.0 Å². The van der Waals surface area contributed by atoms with Crippen LogP contribution in [0.3, 0.4) is 0 Å². The number of carbonyl (C=O) groups excluding carboxylic acids is 8. The molecule has 2 aromatic carbocycles. The number of likely N-dealkylation sites (tertiary alicyclic amines) is 2. The number of fused-ring (bicyclic) bond motifs is 3. The van der Waals surface area contributed by atoms with Gasteiger partial charge in [-0.05, 0) is 75.9 Å². The van der Waals surface area contributed by atoms with Crippen molar-refractivity contribution in [2.45, 2.75) is 51.6 Å². The molecule has 2 atom stereocenters. The van der Waals surface area contributed by atoms with Crippen LogP contribution in [-0.4, -0.2) is 132 Å². The average Bonchev–Trinajstić information content (AvgIpc) is 3.96. The molecule has 2 aliphatic heterocycles. The fourth-order valence-corrected chi connectivity index (χ4v) is 7.31. The molecule has 0 aliphatic carbocycles. The third kappa shape index (κ3) is 10.3. The number of hydrogen-bond acceptors (Lipinski definition) is 12. The van der Waals surface area contributed by atoms with Crippen molar-refractivity contribution >= 4 is 91.8 Å². The number of H-pyrrole nitrogens is 2. The van der Waals surface area contributed by atoms with E-state index in [9.17, 15) is 47.9 Å². The van der Waals surface area contributed by atoms with Gasteiger partial charge in [0.05, 0.1) is 37.3 Å². The topological polar surface area (TPSA) is 299 Å². The lowest BCUT2D eigenvalue weighted by atomic mass is 10.1. The summed E-state index contributed by atoms with van der Waals surface area (Å²) >= 11 is 0. The minimum Gasteiger partial charge on any atom is -0.465 e. The van der Waals surface area contributed by atoms with Crippen LogP contribution in [0.5, 0.6) is 0 Å². The first-order chi connectivity index (χ1) is 29.8. The van der Waals surface area contributed by atoms with Gasteiger partial charge in [0.1, 0.15) is 36.2 Å². The molecule has 0 bridgehead atoms. The molecule has 0 unspecified atom stereocenters. The van der Waals surface area contributed by atoms with E-state index in [1.54, 1.807) is 13.8 Å². The highest BCUT2D eigenvalue weighted by atomic mass is 16.5. The molecule has 328 valence electrons. The van der Waals surface area contributed by atoms with Crippen molar-refractivity contribution in [3.63, 3.8) is 0 Å². The number of pyridine rings is 2. The molecule has 4 heterocycles. The number of urea groups is 2. The molecule has 0 spiro atoms. The van der Waals surface area contributed by atoms with Crippen molar-refractivity contribution < 1.29 is 47.8 Å². The van der Waals surface area contributed by atoms with Crippen LogP contribution in [0.1, 0.15) is 39.5 Å². The summed E-state index contributed by atoms with van der Waals surface area (Å²) in [6.45, 7) is 2.61. The van der Waals surface area contributed by atoms with Gasteiger partial charge >= 0.3 is 24.0 Å². The quantitative estimate of drug-likeness (QED) is 0.0619. The van der Waals surface area contributed by atoms with Crippen molar-refractivity contribution in [3.05, 3.63) is 56.8 Å². The van der Waals surface area contributed by atoms with Crippen LogP contribution < -0.4 is 42.8 Å². The Kier molecular flexibility index (Phi) is 14.0. The number of anilines is 2. The van der Waals surface area contributed by atoms with E-state index >= 15 is 0 Å². The molecule has 2 saturated heterocycles. The van der Waals surface area contributed by atoms with Crippen molar-refractivity contribution in [1.29, 1.82) is 0 Å². The van der Waals surface area contributed by atoms with Crippen molar-refractivity contribution in [2.24, 2.45) is 0 Å². The summed E-state index contributed by atoms with van der Waals surface area (Å²) in [6, 6.07) is 5.96. The van der Waals surface area contributed by atoms with E-state index in [-0.39, 0.29) is 72.6 Å². The van der Waals surface area contributed by atoms with Crippen molar-refractivity contribution in [1.82, 2.24) is 41.0 Å². The Labute approximate surface area is 351 Å². The molecule has 62 heavy (non-hydrogen) atoms. The summed E-state index contributed by atoms with van der Waals surface area (Å²) in [6.07, 6.45) is 1.83. The molecule has 2 aliphatic rings. The van der Waals surface area contributed by atoms with Gasteiger partial charge in [-0.2, -0.15) is 0 Å². The lowest BCUT2D eigenvalue weighted by Crippen LogP contribution is -2.51. The van der Waals surface area contributed by atoms with Crippen LogP contribution in [0.15, 0.2) is 46.0 Å². The summed E-state index contributed by atoms with van der Waals surface area (Å²) in [5.74, 6) is -3.54. The highest BCUT2D eigenvalue weighted by Gasteiger charge is 2.35. The Hall–Kier alpha value is -7.52. The number of rotatable bonds is 14. The van der Waals surface area contributed by atoms with Crippen LogP contribution in [-0.2, 0) is 38.2 Å². The number of hydrogen-bond donors (Lipinski definition) is 8. The zero-order chi connectivity index (χ0) is 44.5. The molecule has 2 fully saturated rings. The second kappa shape index (κ2) is 19.7. The normalized spacial score (nSPS) is 15.8. The first kappa shape index (κ1) is 44.0. The number of esters is 2. The minimum absolute atomic E-state index is 0.0341. The molecule has 2 aromatic heterocycles. The number of aromatic nitrogens is 2. The van der Waals surface area contributed by atoms with Crippen LogP contribution in [0.2, 0.25) is 0 Å². The van der Waals surface area contributed by atoms with Gasteiger partial charge in [0.2, 0.25) is 34.5 Å². The van der Waals surface area contributed by atoms with E-state index in [1.807, 2.05) is 0 Å². The zero-order valence-electron chi connectivity index (χ0n) is 33.9. The van der Waals surface area contributed by atoms with Gasteiger partial charge in [-0.15, -0.1) is 0 Å². The van der Waals surface area contributed by atoms with E-state index in [0.717, 1.165) is 0 Å². The van der Waals surface area contributed by atoms with Crippen molar-refractivity contribution in [3.8, 4) is 0 Å². The van der Waals surface area contributed by atoms with Gasteiger partial charge in [-0.3, -0.25) is 38.4 Å². The Morgan fingerprint density at radius 1 is 0.597 bits per heavy atom. The fraction of sp³-hybridized carbons (Fsp3) is 0.400. The van der Waals surface area contributed by atoms with Gasteiger partial charge in [-0.1, -0.05) is 0 Å². The molecule has 8 amide bonds. The Morgan fingerprint density at radius 2 is 1.00 bits per heavy atom. The first-order valence-corrected chi connectivity index (χ1v) is 20.0. The molecule has 22 nitrogen and oxygen atoms in total. The van der Waals surface area contributed by atoms with Gasteiger partial charge in [-0.25, -0.2) is 9.59 Å². The van der Waals surface area contributed by atoms with E-state index in [1.165, 1.54) is 46.2 Å². The highest BCUT2D eigenvalue weighted by Crippen LogP contribution is 2.22. The Morgan fingerprint density at radius 3 is 1.39 bits per heavy atom. The summed E-state index contributed by atoms with van der Waals surface area (Å²) in [5, 5.41) is 15.5. The maximum absolute atomic E-state index is 13.7. The maximum atomic E-state index is 13.7. The van der Waals surface area contributed by atoms with Crippen molar-refractivity contribution in [2.75, 3.05) is 63.1 Å². The van der Waals surface area contributed by atoms with Crippen LogP contribution >= 0.6 is 0 Å². The maximum Gasteiger partial charge on any atom is 0.325 e. The van der Waals surface area contributed by atoms with E-state index in [2.05, 4.69) is 41.9 Å². The number of nitrogens with one attached hydrogen (secondary N) is 8. The Bertz CT molecular complexity index is 2400. The first-order valence-electron chi connectivity index (χ1n) is 20.0. The fourth-order valence-electron chi connectivity index (χ4n) is 7.31. The smallest absolute Gasteiger partial charge is 0.325 e. The molecular formula is C40H46N10O12. The van der Waals surface area contributed by atoms with E-state index < -0.39 is 83.7 Å². The second-order valence-corrected chi connectivity index (χ2v) is 14.3. The number of amides is 8. The Balaban J connectivity index is 1.06. The molecule has 4 aromatic rings. The van der Waals surface area contributed by atoms with Gasteiger partial charge in [0.25, 0.3) is 0 Å². The number of benzene rings is 2. The van der Waals surface area contributed by atoms with Crippen LogP contribution in [0.25, 0.3) is 32.8 Å². The lowest BCUT2D eigenvalue weighted by molar-refractivity contribution is -0.142. The highest BCUT2D eigenvalue weighted by molar-refractivity contribution is 6.02. The molecule has 22 heteroatoms. The molecule has 8 N–H and O–H groups in total. The molecule has 0 radical (unpaired) electrons. The minimum atomic E-state index is -0.842. The van der Waals surface area contributed by atoms with Gasteiger partial charge in [0, 0.05) is 35.2 Å². The molecular weight excluding hydrogens is 812 g/mol. The molecule has 6 rings (SSSR count). The van der Waals surface area contributed by atoms with E-state index in [0.29, 0.717) is 36.7 Å². The predicted molar refractivity (Wildman–Crippen MR) is 223 cm³/mol. The monoisotopic (exact) mass is 858 g/mol. The third-order valence-electron chi connectivity index (χ3n) is 10.2. The largest absolute Gasteiger partial charge is 0.465 e. The van der Waals surface area contributed by atoms with Gasteiger partial charge in [0.15, 0.2) is 0 Å². The number of aromatic amines is 2. The zero-order valence-corrected chi connectivity index (χ0v) is 33.9. The van der Waals surface area contributed by atoms with Crippen LogP contribution in [0, 0.1) is 0 Å².